The van der Waals surface area contributed by atoms with Gasteiger partial charge in [-0.2, -0.15) is 0 Å². The van der Waals surface area contributed by atoms with Gasteiger partial charge in [0.1, 0.15) is 10.6 Å². The van der Waals surface area contributed by atoms with E-state index in [-0.39, 0.29) is 5.56 Å². The van der Waals surface area contributed by atoms with Crippen molar-refractivity contribution in [2.75, 3.05) is 7.11 Å². The molecule has 0 saturated carbocycles. The third-order valence-corrected chi connectivity index (χ3v) is 6.07. The lowest BCUT2D eigenvalue weighted by atomic mass is 10.2. The topological polar surface area (TPSA) is 44.1 Å². The van der Waals surface area contributed by atoms with Crippen LogP contribution in [0.4, 0.5) is 0 Å². The fourth-order valence-corrected chi connectivity index (χ4v) is 4.38. The van der Waals surface area contributed by atoms with Crippen LogP contribution in [0.2, 0.25) is 0 Å². The molecule has 23 heavy (non-hydrogen) atoms. The number of nitrogens with zero attached hydrogens (tertiary/aromatic N) is 2. The highest BCUT2D eigenvalue weighted by Gasteiger charge is 2.14. The minimum Gasteiger partial charge on any atom is -0.497 e. The number of thiophene rings is 1. The van der Waals surface area contributed by atoms with E-state index < -0.39 is 0 Å². The Morgan fingerprint density at radius 1 is 1.35 bits per heavy atom. The smallest absolute Gasteiger partial charge is 0.262 e. The highest BCUT2D eigenvalue weighted by Crippen LogP contribution is 2.29. The largest absolute Gasteiger partial charge is 0.497 e. The number of aromatic nitrogens is 2. The molecule has 0 aliphatic carbocycles. The normalized spacial score (nSPS) is 11.1. The number of thioether (sulfide) groups is 1. The third kappa shape index (κ3) is 3.01. The molecule has 0 aliphatic rings. The van der Waals surface area contributed by atoms with Crippen LogP contribution in [0.25, 0.3) is 10.2 Å². The molecule has 0 spiro atoms. The predicted octanol–water partition coefficient (Wildman–Crippen LogP) is 3.91. The first kappa shape index (κ1) is 16.1. The number of ether oxygens (including phenoxy) is 1. The highest BCUT2D eigenvalue weighted by molar-refractivity contribution is 7.98. The molecule has 6 heteroatoms. The molecule has 3 rings (SSSR count). The molecule has 0 amide bonds. The van der Waals surface area contributed by atoms with Crippen molar-refractivity contribution in [3.05, 3.63) is 50.6 Å². The van der Waals surface area contributed by atoms with Crippen LogP contribution in [-0.4, -0.2) is 16.7 Å². The van der Waals surface area contributed by atoms with Crippen LogP contribution in [0.1, 0.15) is 16.0 Å². The summed E-state index contributed by atoms with van der Waals surface area (Å²) in [6.45, 7) is 4.02. The van der Waals surface area contributed by atoms with Gasteiger partial charge in [-0.3, -0.25) is 9.36 Å². The molecular formula is C17H18N2O2S2. The lowest BCUT2D eigenvalue weighted by molar-refractivity contribution is 0.414. The van der Waals surface area contributed by atoms with Crippen molar-refractivity contribution in [1.29, 1.82) is 0 Å². The second-order valence-electron chi connectivity index (χ2n) is 5.36. The zero-order valence-electron chi connectivity index (χ0n) is 13.5. The van der Waals surface area contributed by atoms with Gasteiger partial charge in [0.2, 0.25) is 0 Å². The van der Waals surface area contributed by atoms with Crippen LogP contribution >= 0.6 is 23.1 Å². The van der Waals surface area contributed by atoms with Crippen LogP contribution in [0.15, 0.2) is 34.2 Å². The first-order chi connectivity index (χ1) is 11.0. The number of fused-ring (bicyclic) bond motifs is 1. The van der Waals surface area contributed by atoms with Crippen molar-refractivity contribution in [1.82, 2.24) is 9.55 Å². The van der Waals surface area contributed by atoms with E-state index in [1.807, 2.05) is 38.1 Å². The van der Waals surface area contributed by atoms with Crippen molar-refractivity contribution in [2.24, 2.45) is 7.05 Å². The number of hydrogen-bond acceptors (Lipinski definition) is 5. The zero-order valence-corrected chi connectivity index (χ0v) is 15.2. The van der Waals surface area contributed by atoms with Gasteiger partial charge in [0, 0.05) is 17.7 Å². The summed E-state index contributed by atoms with van der Waals surface area (Å²) in [5.41, 5.74) is 2.22. The van der Waals surface area contributed by atoms with Crippen molar-refractivity contribution in [3.8, 4) is 5.75 Å². The number of benzene rings is 1. The SMILES string of the molecule is COc1cccc(CSc2nc3sc(C)c(C)c3c(=O)n2C)c1. The van der Waals surface area contributed by atoms with Crippen molar-refractivity contribution in [2.45, 2.75) is 24.8 Å². The van der Waals surface area contributed by atoms with E-state index in [0.29, 0.717) is 0 Å². The molecule has 0 saturated heterocycles. The average molecular weight is 346 g/mol. The fourth-order valence-electron chi connectivity index (χ4n) is 2.40. The van der Waals surface area contributed by atoms with E-state index in [2.05, 4.69) is 4.98 Å². The Bertz CT molecular complexity index is 928. The number of aryl methyl sites for hydroxylation is 2. The molecular weight excluding hydrogens is 328 g/mol. The number of hydrogen-bond donors (Lipinski definition) is 0. The Balaban J connectivity index is 1.94. The molecule has 0 unspecified atom stereocenters. The van der Waals surface area contributed by atoms with Gasteiger partial charge in [-0.1, -0.05) is 23.9 Å². The Labute approximate surface area is 143 Å². The van der Waals surface area contributed by atoms with Gasteiger partial charge >= 0.3 is 0 Å². The number of rotatable bonds is 4. The molecule has 0 fully saturated rings. The van der Waals surface area contributed by atoms with Gasteiger partial charge in [-0.15, -0.1) is 11.3 Å². The Kier molecular flexibility index (Phi) is 4.46. The van der Waals surface area contributed by atoms with Gasteiger partial charge in [0.15, 0.2) is 5.16 Å². The average Bonchev–Trinajstić information content (AvgIpc) is 2.84. The van der Waals surface area contributed by atoms with Gasteiger partial charge in [0.05, 0.1) is 12.5 Å². The fraction of sp³-hybridized carbons (Fsp3) is 0.294. The standard InChI is InChI=1S/C17H18N2O2S2/c1-10-11(2)23-15-14(10)16(20)19(3)17(18-15)22-9-12-6-5-7-13(8-12)21-4/h5-8H,9H2,1-4H3. The second-order valence-corrected chi connectivity index (χ2v) is 7.51. The van der Waals surface area contributed by atoms with E-state index in [1.165, 1.54) is 0 Å². The molecule has 2 heterocycles. The Hall–Kier alpha value is -1.79. The third-order valence-electron chi connectivity index (χ3n) is 3.87. The van der Waals surface area contributed by atoms with Crippen LogP contribution in [0.5, 0.6) is 5.75 Å². The molecule has 120 valence electrons. The van der Waals surface area contributed by atoms with Crippen LogP contribution in [0.3, 0.4) is 0 Å². The van der Waals surface area contributed by atoms with E-state index >= 15 is 0 Å². The van der Waals surface area contributed by atoms with Crippen molar-refractivity contribution < 1.29 is 4.74 Å². The maximum absolute atomic E-state index is 12.6. The van der Waals surface area contributed by atoms with Crippen LogP contribution in [-0.2, 0) is 12.8 Å². The summed E-state index contributed by atoms with van der Waals surface area (Å²) >= 11 is 3.15. The monoisotopic (exact) mass is 346 g/mol. The maximum atomic E-state index is 12.6. The summed E-state index contributed by atoms with van der Waals surface area (Å²) in [6.07, 6.45) is 0. The van der Waals surface area contributed by atoms with Gasteiger partial charge in [-0.25, -0.2) is 4.98 Å². The molecule has 2 aromatic heterocycles. The number of methoxy groups -OCH3 is 1. The molecule has 1 aromatic carbocycles. The summed E-state index contributed by atoms with van der Waals surface area (Å²) in [5.74, 6) is 1.58. The minimum absolute atomic E-state index is 0.0324. The minimum atomic E-state index is 0.0324. The van der Waals surface area contributed by atoms with Crippen LogP contribution < -0.4 is 10.3 Å². The van der Waals surface area contributed by atoms with Crippen LogP contribution in [0, 0.1) is 13.8 Å². The first-order valence-corrected chi connectivity index (χ1v) is 9.04. The summed E-state index contributed by atoms with van der Waals surface area (Å²) < 4.78 is 6.89. The van der Waals surface area contributed by atoms with Gasteiger partial charge in [-0.05, 0) is 37.1 Å². The van der Waals surface area contributed by atoms with E-state index in [0.717, 1.165) is 42.9 Å². The van der Waals surface area contributed by atoms with E-state index in [4.69, 9.17) is 4.74 Å². The van der Waals surface area contributed by atoms with E-state index in [1.54, 1.807) is 41.8 Å². The van der Waals surface area contributed by atoms with Gasteiger partial charge in [0.25, 0.3) is 5.56 Å². The summed E-state index contributed by atoms with van der Waals surface area (Å²) in [4.78, 5) is 19.3. The Morgan fingerprint density at radius 2 is 2.13 bits per heavy atom. The molecule has 4 nitrogen and oxygen atoms in total. The summed E-state index contributed by atoms with van der Waals surface area (Å²) in [6, 6.07) is 7.94. The molecule has 0 atom stereocenters. The van der Waals surface area contributed by atoms with Gasteiger partial charge < -0.3 is 4.74 Å². The first-order valence-electron chi connectivity index (χ1n) is 7.23. The summed E-state index contributed by atoms with van der Waals surface area (Å²) in [5, 5.41) is 1.49. The molecule has 0 bridgehead atoms. The Morgan fingerprint density at radius 3 is 2.87 bits per heavy atom. The molecule has 3 aromatic rings. The zero-order chi connectivity index (χ0) is 16.6. The molecule has 0 aliphatic heterocycles. The van der Waals surface area contributed by atoms with Crippen molar-refractivity contribution >= 4 is 33.3 Å². The molecule has 0 N–H and O–H groups in total. The lowest BCUT2D eigenvalue weighted by Crippen LogP contribution is -2.19. The quantitative estimate of drug-likeness (QED) is 0.531. The lowest BCUT2D eigenvalue weighted by Gasteiger charge is -2.08. The molecule has 0 radical (unpaired) electrons. The highest BCUT2D eigenvalue weighted by atomic mass is 32.2. The maximum Gasteiger partial charge on any atom is 0.262 e. The predicted molar refractivity (Wildman–Crippen MR) is 96.9 cm³/mol. The van der Waals surface area contributed by atoms with Crippen molar-refractivity contribution in [3.63, 3.8) is 0 Å². The second kappa shape index (κ2) is 6.37. The summed E-state index contributed by atoms with van der Waals surface area (Å²) in [7, 11) is 3.45. The van der Waals surface area contributed by atoms with E-state index in [9.17, 15) is 4.79 Å².